The number of ether oxygens (including phenoxy) is 2. The van der Waals surface area contributed by atoms with Crippen LogP contribution in [-0.2, 0) is 21.1 Å². The van der Waals surface area contributed by atoms with Crippen LogP contribution in [0.4, 0.5) is 0 Å². The summed E-state index contributed by atoms with van der Waals surface area (Å²) in [4.78, 5) is 11.7. The second-order valence-electron chi connectivity index (χ2n) is 4.63. The molecule has 0 aromatic heterocycles. The Labute approximate surface area is 118 Å². The van der Waals surface area contributed by atoms with E-state index >= 15 is 0 Å². The number of nitrogens with one attached hydrogen (secondary N) is 1. The molecule has 0 unspecified atom stereocenters. The van der Waals surface area contributed by atoms with Gasteiger partial charge in [0.2, 0.25) is 5.91 Å². The van der Waals surface area contributed by atoms with Gasteiger partial charge in [0.15, 0.2) is 11.5 Å². The minimum absolute atomic E-state index is 0.0557. The topological polar surface area (TPSA) is 81.7 Å². The largest absolute Gasteiger partial charge is 0.486 e. The number of carbonyl (C=O) groups excluding carboxylic acids is 1. The normalized spacial score (nSPS) is 13.8. The lowest BCUT2D eigenvalue weighted by Gasteiger charge is -2.18. The van der Waals surface area contributed by atoms with Gasteiger partial charge in [-0.05, 0) is 17.7 Å². The van der Waals surface area contributed by atoms with E-state index in [1.165, 1.54) is 0 Å². The summed E-state index contributed by atoms with van der Waals surface area (Å²) in [5.74, 6) is 1.04. The van der Waals surface area contributed by atoms with Crippen LogP contribution in [0.1, 0.15) is 5.56 Å². The van der Waals surface area contributed by atoms with Gasteiger partial charge in [0.1, 0.15) is 23.1 Å². The molecule has 6 nitrogen and oxygen atoms in total. The Morgan fingerprint density at radius 2 is 1.95 bits per heavy atom. The molecule has 1 aliphatic rings. The predicted octanol–water partition coefficient (Wildman–Crippen LogP) is 0.161. The number of rotatable bonds is 5. The van der Waals surface area contributed by atoms with Crippen molar-refractivity contribution >= 4 is 15.7 Å². The molecule has 0 bridgehead atoms. The maximum absolute atomic E-state index is 11.7. The first-order valence-corrected chi connectivity index (χ1v) is 8.33. The summed E-state index contributed by atoms with van der Waals surface area (Å²) < 4.78 is 32.7. The van der Waals surface area contributed by atoms with E-state index in [4.69, 9.17) is 9.47 Å². The summed E-state index contributed by atoms with van der Waals surface area (Å²) in [5, 5.41) is 2.58. The molecule has 0 saturated heterocycles. The van der Waals surface area contributed by atoms with E-state index < -0.39 is 9.84 Å². The average molecular weight is 299 g/mol. The maximum Gasteiger partial charge on any atom is 0.224 e. The third-order valence-corrected chi connectivity index (χ3v) is 3.71. The Morgan fingerprint density at radius 3 is 2.65 bits per heavy atom. The van der Waals surface area contributed by atoms with Crippen LogP contribution in [-0.4, -0.2) is 46.1 Å². The van der Waals surface area contributed by atoms with Gasteiger partial charge >= 0.3 is 0 Å². The van der Waals surface area contributed by atoms with E-state index in [1.807, 2.05) is 0 Å². The second kappa shape index (κ2) is 6.13. The van der Waals surface area contributed by atoms with Crippen molar-refractivity contribution in [1.29, 1.82) is 0 Å². The fourth-order valence-corrected chi connectivity index (χ4v) is 2.29. The summed E-state index contributed by atoms with van der Waals surface area (Å²) >= 11 is 0. The molecule has 1 heterocycles. The first kappa shape index (κ1) is 14.6. The van der Waals surface area contributed by atoms with Crippen molar-refractivity contribution < 1.29 is 22.7 Å². The van der Waals surface area contributed by atoms with Crippen LogP contribution in [0.15, 0.2) is 18.2 Å². The molecule has 7 heteroatoms. The van der Waals surface area contributed by atoms with Crippen molar-refractivity contribution in [2.45, 2.75) is 6.42 Å². The quantitative estimate of drug-likeness (QED) is 0.837. The minimum Gasteiger partial charge on any atom is -0.486 e. The van der Waals surface area contributed by atoms with Gasteiger partial charge in [0.05, 0.1) is 12.2 Å². The molecular formula is C13H17NO5S. The molecule has 2 rings (SSSR count). The van der Waals surface area contributed by atoms with Gasteiger partial charge in [0, 0.05) is 12.8 Å². The van der Waals surface area contributed by atoms with Crippen molar-refractivity contribution in [2.75, 3.05) is 31.8 Å². The Morgan fingerprint density at radius 1 is 1.25 bits per heavy atom. The Balaban J connectivity index is 1.88. The lowest BCUT2D eigenvalue weighted by Crippen LogP contribution is -2.30. The number of benzene rings is 1. The maximum atomic E-state index is 11.7. The Bertz CT molecular complexity index is 597. The van der Waals surface area contributed by atoms with Crippen LogP contribution in [0, 0.1) is 0 Å². The highest BCUT2D eigenvalue weighted by molar-refractivity contribution is 7.90. The second-order valence-corrected chi connectivity index (χ2v) is 6.89. The van der Waals surface area contributed by atoms with E-state index in [0.717, 1.165) is 11.8 Å². The first-order valence-electron chi connectivity index (χ1n) is 6.27. The third-order valence-electron chi connectivity index (χ3n) is 2.77. The van der Waals surface area contributed by atoms with Crippen molar-refractivity contribution in [2.24, 2.45) is 0 Å². The highest BCUT2D eigenvalue weighted by Gasteiger charge is 2.13. The fourth-order valence-electron chi connectivity index (χ4n) is 1.82. The van der Waals surface area contributed by atoms with E-state index in [9.17, 15) is 13.2 Å². The zero-order chi connectivity index (χ0) is 14.6. The number of hydrogen-bond donors (Lipinski definition) is 1. The Kier molecular flexibility index (Phi) is 4.49. The highest BCUT2D eigenvalue weighted by atomic mass is 32.2. The fraction of sp³-hybridized carbons (Fsp3) is 0.462. The predicted molar refractivity (Wildman–Crippen MR) is 73.9 cm³/mol. The molecule has 0 fully saturated rings. The summed E-state index contributed by atoms with van der Waals surface area (Å²) in [7, 11) is -3.06. The first-order chi connectivity index (χ1) is 9.44. The molecule has 1 N–H and O–H groups in total. The van der Waals surface area contributed by atoms with E-state index in [0.29, 0.717) is 24.7 Å². The van der Waals surface area contributed by atoms with E-state index in [2.05, 4.69) is 5.32 Å². The van der Waals surface area contributed by atoms with Crippen LogP contribution >= 0.6 is 0 Å². The van der Waals surface area contributed by atoms with Crippen LogP contribution in [0.25, 0.3) is 0 Å². The van der Waals surface area contributed by atoms with Gasteiger partial charge in [0.25, 0.3) is 0 Å². The van der Waals surface area contributed by atoms with Gasteiger partial charge in [-0.2, -0.15) is 0 Å². The van der Waals surface area contributed by atoms with Crippen molar-refractivity contribution in [3.8, 4) is 11.5 Å². The molecule has 0 spiro atoms. The Hall–Kier alpha value is -1.76. The molecule has 1 aromatic carbocycles. The molecule has 0 aliphatic carbocycles. The molecular weight excluding hydrogens is 282 g/mol. The standard InChI is InChI=1S/C13H17NO5S/c1-20(16,17)7-4-14-13(15)9-10-2-3-11-12(8-10)19-6-5-18-11/h2-3,8H,4-7,9H2,1H3,(H,14,15). The summed E-state index contributed by atoms with van der Waals surface area (Å²) in [6.45, 7) is 1.15. The number of fused-ring (bicyclic) bond motifs is 1. The number of carbonyl (C=O) groups is 1. The smallest absolute Gasteiger partial charge is 0.224 e. The molecule has 0 saturated carbocycles. The van der Waals surface area contributed by atoms with Gasteiger partial charge in [-0.15, -0.1) is 0 Å². The molecule has 20 heavy (non-hydrogen) atoms. The zero-order valence-electron chi connectivity index (χ0n) is 11.2. The SMILES string of the molecule is CS(=O)(=O)CCNC(=O)Cc1ccc2c(c1)OCCO2. The van der Waals surface area contributed by atoms with Gasteiger partial charge < -0.3 is 14.8 Å². The van der Waals surface area contributed by atoms with Crippen molar-refractivity contribution in [1.82, 2.24) is 5.32 Å². The summed E-state index contributed by atoms with van der Waals surface area (Å²) in [6, 6.07) is 5.34. The average Bonchev–Trinajstić information content (AvgIpc) is 2.37. The molecule has 1 aromatic rings. The zero-order valence-corrected chi connectivity index (χ0v) is 12.0. The number of amides is 1. The monoisotopic (exact) mass is 299 g/mol. The molecule has 0 radical (unpaired) electrons. The summed E-state index contributed by atoms with van der Waals surface area (Å²) in [5.41, 5.74) is 0.797. The lowest BCUT2D eigenvalue weighted by molar-refractivity contribution is -0.120. The van der Waals surface area contributed by atoms with Crippen LogP contribution < -0.4 is 14.8 Å². The van der Waals surface area contributed by atoms with Gasteiger partial charge in [-0.3, -0.25) is 4.79 Å². The van der Waals surface area contributed by atoms with Crippen LogP contribution in [0.5, 0.6) is 11.5 Å². The van der Waals surface area contributed by atoms with Crippen molar-refractivity contribution in [3.05, 3.63) is 23.8 Å². The van der Waals surface area contributed by atoms with Crippen molar-refractivity contribution in [3.63, 3.8) is 0 Å². The van der Waals surface area contributed by atoms with E-state index in [-0.39, 0.29) is 24.6 Å². The number of hydrogen-bond acceptors (Lipinski definition) is 5. The summed E-state index contributed by atoms with van der Waals surface area (Å²) in [6.07, 6.45) is 1.32. The highest BCUT2D eigenvalue weighted by Crippen LogP contribution is 2.30. The van der Waals surface area contributed by atoms with Crippen LogP contribution in [0.3, 0.4) is 0 Å². The minimum atomic E-state index is -3.06. The lowest BCUT2D eigenvalue weighted by atomic mass is 10.1. The molecule has 110 valence electrons. The molecule has 1 aliphatic heterocycles. The number of sulfone groups is 1. The molecule has 1 amide bonds. The van der Waals surface area contributed by atoms with Crippen LogP contribution in [0.2, 0.25) is 0 Å². The third kappa shape index (κ3) is 4.41. The van der Waals surface area contributed by atoms with Gasteiger partial charge in [-0.1, -0.05) is 6.07 Å². The van der Waals surface area contributed by atoms with Gasteiger partial charge in [-0.25, -0.2) is 8.42 Å². The molecule has 0 atom stereocenters. The van der Waals surface area contributed by atoms with E-state index in [1.54, 1.807) is 18.2 Å².